The molecule has 0 saturated carbocycles. The first kappa shape index (κ1) is 71.5. The van der Waals surface area contributed by atoms with Gasteiger partial charge in [-0.3, -0.25) is 71.9 Å². The summed E-state index contributed by atoms with van der Waals surface area (Å²) in [6.07, 6.45) is -5.93. The lowest BCUT2D eigenvalue weighted by Crippen LogP contribution is -2.59. The van der Waals surface area contributed by atoms with Gasteiger partial charge in [0.05, 0.1) is 12.6 Å². The van der Waals surface area contributed by atoms with Gasteiger partial charge in [-0.05, 0) is 76.7 Å². The van der Waals surface area contributed by atoms with E-state index in [2.05, 4.69) is 42.5 Å². The molecule has 2 rings (SSSR count). The van der Waals surface area contributed by atoms with Gasteiger partial charge in [-0.1, -0.05) is 38.1 Å². The molecule has 1 aliphatic rings. The maximum Gasteiger partial charge on any atom is 0.303 e. The number of likely N-dealkylation sites (tertiary alicyclic amines) is 1. The predicted octanol–water partition coefficient (Wildman–Crippen LogP) is -2.70. The minimum Gasteiger partial charge on any atom is -0.481 e. The number of carboxylic acid groups (broad SMARTS) is 5. The number of carbonyl (C=O) groups is 15. The zero-order chi connectivity index (χ0) is 63.2. The van der Waals surface area contributed by atoms with Crippen molar-refractivity contribution in [2.24, 2.45) is 11.7 Å². The molecule has 0 unspecified atom stereocenters. The molecule has 1 aliphatic heterocycles. The molecule has 84 heavy (non-hydrogen) atoms. The highest BCUT2D eigenvalue weighted by Gasteiger charge is 2.37. The van der Waals surface area contributed by atoms with Crippen LogP contribution in [0.5, 0.6) is 0 Å². The van der Waals surface area contributed by atoms with Crippen LogP contribution in [0, 0.1) is 5.92 Å². The fourth-order valence-electron chi connectivity index (χ4n) is 8.46. The Balaban J connectivity index is 2.37. The Bertz CT molecular complexity index is 2530. The average molecular weight is 1190 g/mol. The molecule has 31 heteroatoms. The van der Waals surface area contributed by atoms with E-state index in [1.807, 2.05) is 13.8 Å². The van der Waals surface area contributed by atoms with Crippen molar-refractivity contribution < 1.29 is 102 Å². The number of amides is 9. The highest BCUT2D eigenvalue weighted by Crippen LogP contribution is 2.19. The van der Waals surface area contributed by atoms with Crippen LogP contribution in [0.4, 0.5) is 0 Å². The molecule has 15 N–H and O–H groups in total. The van der Waals surface area contributed by atoms with Crippen molar-refractivity contribution in [3.05, 3.63) is 35.4 Å². The van der Waals surface area contributed by atoms with E-state index in [-0.39, 0.29) is 43.7 Å². The Morgan fingerprint density at radius 1 is 0.560 bits per heavy atom. The zero-order valence-corrected chi connectivity index (χ0v) is 47.2. The van der Waals surface area contributed by atoms with Gasteiger partial charge in [0.1, 0.15) is 48.9 Å². The van der Waals surface area contributed by atoms with Crippen LogP contribution in [-0.4, -0.2) is 200 Å². The fourth-order valence-corrected chi connectivity index (χ4v) is 8.46. The lowest BCUT2D eigenvalue weighted by atomic mass is 10.0. The molecule has 1 aromatic carbocycles. The molecular weight excluding hydrogens is 1110 g/mol. The summed E-state index contributed by atoms with van der Waals surface area (Å²) in [6.45, 7) is 6.42. The third-order valence-corrected chi connectivity index (χ3v) is 12.9. The maximum atomic E-state index is 14.1. The molecule has 466 valence electrons. The van der Waals surface area contributed by atoms with E-state index >= 15 is 0 Å². The fraction of sp³-hybridized carbons (Fsp3) is 0.604. The highest BCUT2D eigenvalue weighted by molar-refractivity contribution is 5.98. The second-order valence-corrected chi connectivity index (χ2v) is 20.2. The number of hydrogen-bond acceptors (Lipinski definition) is 17. The number of Topliss-reactive ketones (excluding diaryl/α,β-unsaturated/α-hetero) is 1. The number of ketones is 1. The lowest BCUT2D eigenvalue weighted by Gasteiger charge is -2.27. The van der Waals surface area contributed by atoms with Gasteiger partial charge in [-0.25, -0.2) is 0 Å². The Morgan fingerprint density at radius 3 is 1.39 bits per heavy atom. The molecule has 31 nitrogen and oxygen atoms in total. The third kappa shape index (κ3) is 27.0. The number of likely N-dealkylation sites (N-methyl/N-ethyl adjacent to an activating group) is 1. The van der Waals surface area contributed by atoms with E-state index in [1.54, 1.807) is 6.92 Å². The first-order valence-electron chi connectivity index (χ1n) is 27.2. The molecule has 0 aromatic heterocycles. The van der Waals surface area contributed by atoms with Crippen molar-refractivity contribution in [2.45, 2.75) is 166 Å². The summed E-state index contributed by atoms with van der Waals surface area (Å²) in [6, 6.07) is -6.21. The van der Waals surface area contributed by atoms with Crippen LogP contribution < -0.4 is 48.3 Å². The average Bonchev–Trinajstić information content (AvgIpc) is 4.05. The summed E-state index contributed by atoms with van der Waals surface area (Å²) in [7, 11) is 0. The number of ether oxygens (including phenoxy) is 1. The molecule has 1 aromatic rings. The number of hydrogen-bond donors (Lipinski definition) is 14. The SMILES string of the molecule is CCNC(=O)[C@H](CC(C)C)NC(=O)[C@@H]1CCCN1C(=O)COCCNC(=O)[C@H](Cc1ccc(C(C)=O)cc1)NC(=O)[C@@H](CCC(=O)O)NC(=O)[C@@H](CCC(=O)O)NC(=O)[C@@H](CCC(=O)O)NC(=O)[C@@H](CCC(=O)O)NC(=O)[C@H](N)CCC(=O)O. The van der Waals surface area contributed by atoms with Crippen LogP contribution in [0.3, 0.4) is 0 Å². The predicted molar refractivity (Wildman–Crippen MR) is 291 cm³/mol. The molecule has 1 saturated heterocycles. The normalized spacial score (nSPS) is 15.3. The molecule has 1 heterocycles. The molecule has 9 amide bonds. The smallest absolute Gasteiger partial charge is 0.303 e. The van der Waals surface area contributed by atoms with E-state index in [0.29, 0.717) is 36.9 Å². The van der Waals surface area contributed by atoms with Crippen LogP contribution in [-0.2, 0) is 78.3 Å². The minimum absolute atomic E-state index is 0.0705. The van der Waals surface area contributed by atoms with E-state index in [9.17, 15) is 92.3 Å². The largest absolute Gasteiger partial charge is 0.481 e. The van der Waals surface area contributed by atoms with Gasteiger partial charge in [0.25, 0.3) is 0 Å². The highest BCUT2D eigenvalue weighted by atomic mass is 16.5. The zero-order valence-electron chi connectivity index (χ0n) is 47.2. The Kier molecular flexibility index (Phi) is 31.3. The topological polar surface area (TPSA) is 492 Å². The van der Waals surface area contributed by atoms with E-state index in [0.717, 1.165) is 0 Å². The standard InChI is InChI=1S/C53H78N10O21/c1-5-55-47(77)37(25-28(2)3)62-53(83)39-7-6-23-63(39)40(65)27-84-24-22-56-48(78)38(26-30-8-10-31(11-9-30)29(4)64)61-52(82)36(16-21-45(74)75)60-51(81)35(15-20-44(72)73)59-50(80)34(14-19-43(70)71)58-49(79)33(13-18-42(68)69)57-46(76)32(54)12-17-41(66)67/h8-11,28,32-39H,5-7,12-27,54H2,1-4H3,(H,55,77)(H,56,78)(H,57,76)(H,58,79)(H,59,80)(H,60,81)(H,61,82)(H,62,83)(H,66,67)(H,68,69)(H,70,71)(H,72,73)(H,74,75)/t32-,33-,34-,35-,36-,37+,38+,39+/m1/s1. The van der Waals surface area contributed by atoms with E-state index < -0.39 is 196 Å². The first-order valence-corrected chi connectivity index (χ1v) is 27.2. The first-order chi connectivity index (χ1) is 39.5. The monoisotopic (exact) mass is 1190 g/mol. The van der Waals surface area contributed by atoms with Gasteiger partial charge in [0.2, 0.25) is 53.2 Å². The summed E-state index contributed by atoms with van der Waals surface area (Å²) in [5.74, 6) is -15.8. The second-order valence-electron chi connectivity index (χ2n) is 20.2. The summed E-state index contributed by atoms with van der Waals surface area (Å²) in [5.41, 5.74) is 6.45. The number of benzene rings is 1. The van der Waals surface area contributed by atoms with Crippen LogP contribution in [0.2, 0.25) is 0 Å². The number of rotatable bonds is 40. The van der Waals surface area contributed by atoms with Crippen LogP contribution in [0.25, 0.3) is 0 Å². The number of carboxylic acids is 5. The number of nitrogens with one attached hydrogen (secondary N) is 8. The van der Waals surface area contributed by atoms with Gasteiger partial charge >= 0.3 is 29.8 Å². The van der Waals surface area contributed by atoms with Crippen molar-refractivity contribution >= 4 is 88.8 Å². The molecule has 0 radical (unpaired) electrons. The van der Waals surface area contributed by atoms with E-state index in [4.69, 9.17) is 15.6 Å². The molecule has 8 atom stereocenters. The van der Waals surface area contributed by atoms with Crippen LogP contribution in [0.1, 0.15) is 127 Å². The van der Waals surface area contributed by atoms with Gasteiger partial charge in [0.15, 0.2) is 5.78 Å². The lowest BCUT2D eigenvalue weighted by molar-refractivity contribution is -0.142. The van der Waals surface area contributed by atoms with Crippen molar-refractivity contribution in [1.29, 1.82) is 0 Å². The number of nitrogens with zero attached hydrogens (tertiary/aromatic N) is 1. The van der Waals surface area contributed by atoms with Gasteiger partial charge in [-0.15, -0.1) is 0 Å². The van der Waals surface area contributed by atoms with Crippen LogP contribution in [0.15, 0.2) is 24.3 Å². The minimum atomic E-state index is -1.92. The van der Waals surface area contributed by atoms with Crippen molar-refractivity contribution in [1.82, 2.24) is 47.4 Å². The van der Waals surface area contributed by atoms with Crippen molar-refractivity contribution in [3.63, 3.8) is 0 Å². The molecule has 0 aliphatic carbocycles. The quantitative estimate of drug-likeness (QED) is 0.0235. The summed E-state index contributed by atoms with van der Waals surface area (Å²) in [5, 5.41) is 66.2. The molecule has 0 spiro atoms. The summed E-state index contributed by atoms with van der Waals surface area (Å²) in [4.78, 5) is 193. The van der Waals surface area contributed by atoms with Crippen molar-refractivity contribution in [2.75, 3.05) is 32.8 Å². The summed E-state index contributed by atoms with van der Waals surface area (Å²) < 4.78 is 5.55. The molecular formula is C53H78N10O21. The van der Waals surface area contributed by atoms with E-state index in [1.165, 1.54) is 36.1 Å². The van der Waals surface area contributed by atoms with Gasteiger partial charge < -0.3 is 83.4 Å². The number of nitrogens with two attached hydrogens (primary N) is 1. The maximum absolute atomic E-state index is 14.1. The summed E-state index contributed by atoms with van der Waals surface area (Å²) >= 11 is 0. The Labute approximate surface area is 483 Å². The number of carbonyl (C=O) groups excluding carboxylic acids is 10. The number of aliphatic carboxylic acids is 5. The Hall–Kier alpha value is -8.61. The van der Waals surface area contributed by atoms with Gasteiger partial charge in [0, 0.05) is 63.7 Å². The van der Waals surface area contributed by atoms with Crippen LogP contribution >= 0.6 is 0 Å². The van der Waals surface area contributed by atoms with Crippen molar-refractivity contribution in [3.8, 4) is 0 Å². The van der Waals surface area contributed by atoms with Gasteiger partial charge in [-0.2, -0.15) is 0 Å². The Morgan fingerprint density at radius 2 is 0.976 bits per heavy atom. The second kappa shape index (κ2) is 36.8. The third-order valence-electron chi connectivity index (χ3n) is 12.9. The molecule has 1 fully saturated rings. The molecule has 0 bridgehead atoms.